The van der Waals surface area contributed by atoms with Crippen LogP contribution in [0.4, 0.5) is 0 Å². The van der Waals surface area contributed by atoms with Crippen LogP contribution >= 0.6 is 0 Å². The number of aliphatic carboxylic acids is 1. The summed E-state index contributed by atoms with van der Waals surface area (Å²) in [5, 5.41) is 11.7. The third kappa shape index (κ3) is 5.20. The average Bonchev–Trinajstić information content (AvgIpc) is 3.13. The molecule has 0 unspecified atom stereocenters. The number of nitrogens with one attached hydrogen (secondary N) is 1. The molecule has 1 saturated heterocycles. The highest BCUT2D eigenvalue weighted by molar-refractivity contribution is 5.81. The van der Waals surface area contributed by atoms with Crippen molar-refractivity contribution in [2.45, 2.75) is 38.0 Å². The van der Waals surface area contributed by atoms with E-state index in [1.807, 2.05) is 0 Å². The Kier molecular flexibility index (Phi) is 5.77. The van der Waals surface area contributed by atoms with Crippen molar-refractivity contribution in [3.8, 4) is 0 Å². The molecule has 21 heavy (non-hydrogen) atoms. The van der Waals surface area contributed by atoms with E-state index in [0.29, 0.717) is 12.4 Å². The van der Waals surface area contributed by atoms with Gasteiger partial charge in [-0.3, -0.25) is 14.9 Å². The number of carbonyl (C=O) groups excluding carboxylic acids is 1. The van der Waals surface area contributed by atoms with Gasteiger partial charge < -0.3 is 19.0 Å². The molecule has 0 aliphatic carbocycles. The number of furan rings is 1. The fraction of sp³-hybridized carbons (Fsp3) is 0.571. The van der Waals surface area contributed by atoms with Gasteiger partial charge in [-0.1, -0.05) is 0 Å². The van der Waals surface area contributed by atoms with E-state index in [1.165, 1.54) is 6.26 Å². The Morgan fingerprint density at radius 2 is 2.38 bits per heavy atom. The molecule has 0 spiro atoms. The van der Waals surface area contributed by atoms with Crippen LogP contribution < -0.4 is 5.32 Å². The number of carboxylic acids is 1. The molecule has 0 amide bonds. The first-order chi connectivity index (χ1) is 10.1. The SMILES string of the molecule is O=C(O)C[C@@H](NCc1ccco1)C(=O)OC[C@H]1CCCO1. The van der Waals surface area contributed by atoms with Crippen molar-refractivity contribution in [2.75, 3.05) is 13.2 Å². The lowest BCUT2D eigenvalue weighted by molar-refractivity contribution is -0.153. The predicted molar refractivity (Wildman–Crippen MR) is 71.5 cm³/mol. The predicted octanol–water partition coefficient (Wildman–Crippen LogP) is 0.935. The summed E-state index contributed by atoms with van der Waals surface area (Å²) < 4.78 is 15.6. The number of hydrogen-bond acceptors (Lipinski definition) is 6. The van der Waals surface area contributed by atoms with Gasteiger partial charge in [0.25, 0.3) is 0 Å². The zero-order valence-electron chi connectivity index (χ0n) is 11.6. The zero-order chi connectivity index (χ0) is 15.1. The second kappa shape index (κ2) is 7.80. The maximum absolute atomic E-state index is 12.0. The molecule has 0 aromatic carbocycles. The molecule has 1 aromatic rings. The first kappa shape index (κ1) is 15.5. The van der Waals surface area contributed by atoms with Gasteiger partial charge in [-0.25, -0.2) is 0 Å². The lowest BCUT2D eigenvalue weighted by atomic mass is 10.2. The molecule has 1 fully saturated rings. The summed E-state index contributed by atoms with van der Waals surface area (Å²) in [7, 11) is 0. The maximum atomic E-state index is 12.0. The fourth-order valence-corrected chi connectivity index (χ4v) is 2.10. The van der Waals surface area contributed by atoms with E-state index < -0.39 is 18.0 Å². The van der Waals surface area contributed by atoms with Crippen LogP contribution in [0.3, 0.4) is 0 Å². The number of ether oxygens (including phenoxy) is 2. The number of carboxylic acid groups (broad SMARTS) is 1. The molecular weight excluding hydrogens is 278 g/mol. The Bertz CT molecular complexity index is 452. The zero-order valence-corrected chi connectivity index (χ0v) is 11.6. The molecule has 2 N–H and O–H groups in total. The largest absolute Gasteiger partial charge is 0.481 e. The number of esters is 1. The van der Waals surface area contributed by atoms with E-state index in [1.54, 1.807) is 12.1 Å². The van der Waals surface area contributed by atoms with Gasteiger partial charge in [0.2, 0.25) is 0 Å². The van der Waals surface area contributed by atoms with Crippen molar-refractivity contribution in [1.82, 2.24) is 5.32 Å². The molecule has 1 aliphatic rings. The van der Waals surface area contributed by atoms with E-state index in [2.05, 4.69) is 5.32 Å². The Balaban J connectivity index is 1.81. The lowest BCUT2D eigenvalue weighted by Crippen LogP contribution is -2.40. The first-order valence-corrected chi connectivity index (χ1v) is 6.91. The molecule has 1 aromatic heterocycles. The quantitative estimate of drug-likeness (QED) is 0.689. The van der Waals surface area contributed by atoms with Crippen LogP contribution in [0.2, 0.25) is 0 Å². The number of rotatable bonds is 8. The highest BCUT2D eigenvalue weighted by Gasteiger charge is 2.25. The van der Waals surface area contributed by atoms with Crippen molar-refractivity contribution >= 4 is 11.9 Å². The lowest BCUT2D eigenvalue weighted by Gasteiger charge is -2.17. The third-order valence-corrected chi connectivity index (χ3v) is 3.20. The van der Waals surface area contributed by atoms with Crippen LogP contribution in [-0.2, 0) is 25.6 Å². The van der Waals surface area contributed by atoms with Crippen LogP contribution in [0.1, 0.15) is 25.0 Å². The van der Waals surface area contributed by atoms with Gasteiger partial charge in [0, 0.05) is 6.61 Å². The smallest absolute Gasteiger partial charge is 0.323 e. The van der Waals surface area contributed by atoms with E-state index >= 15 is 0 Å². The van der Waals surface area contributed by atoms with Gasteiger partial charge in [-0.05, 0) is 25.0 Å². The molecule has 7 heteroatoms. The highest BCUT2D eigenvalue weighted by Crippen LogP contribution is 2.12. The maximum Gasteiger partial charge on any atom is 0.323 e. The molecule has 2 heterocycles. The van der Waals surface area contributed by atoms with Crippen molar-refractivity contribution in [3.05, 3.63) is 24.2 Å². The van der Waals surface area contributed by atoms with Crippen molar-refractivity contribution < 1.29 is 28.6 Å². The van der Waals surface area contributed by atoms with Crippen molar-refractivity contribution in [3.63, 3.8) is 0 Å². The van der Waals surface area contributed by atoms with Gasteiger partial charge in [0.15, 0.2) is 0 Å². The molecule has 0 bridgehead atoms. The van der Waals surface area contributed by atoms with Crippen molar-refractivity contribution in [2.24, 2.45) is 0 Å². The van der Waals surface area contributed by atoms with Crippen molar-refractivity contribution in [1.29, 1.82) is 0 Å². The standard InChI is InChI=1S/C14H19NO6/c16-13(17)7-12(15-8-10-3-1-5-19-10)14(18)21-9-11-4-2-6-20-11/h1,3,5,11-12,15H,2,4,6-9H2,(H,16,17)/t11-,12-/m1/s1. The fourth-order valence-electron chi connectivity index (χ4n) is 2.10. The van der Waals surface area contributed by atoms with E-state index in [4.69, 9.17) is 19.0 Å². The van der Waals surface area contributed by atoms with Gasteiger partial charge in [0.05, 0.1) is 25.3 Å². The van der Waals surface area contributed by atoms with Gasteiger partial charge >= 0.3 is 11.9 Å². The summed E-state index contributed by atoms with van der Waals surface area (Å²) in [6.07, 6.45) is 2.91. The third-order valence-electron chi connectivity index (χ3n) is 3.20. The Labute approximate surface area is 122 Å². The topological polar surface area (TPSA) is 98.0 Å². The van der Waals surface area contributed by atoms with E-state index in [-0.39, 0.29) is 25.7 Å². The van der Waals surface area contributed by atoms with Crippen LogP contribution in [0, 0.1) is 0 Å². The Morgan fingerprint density at radius 3 is 3.00 bits per heavy atom. The summed E-state index contributed by atoms with van der Waals surface area (Å²) in [6, 6.07) is 2.55. The van der Waals surface area contributed by atoms with E-state index in [0.717, 1.165) is 12.8 Å². The van der Waals surface area contributed by atoms with Crippen LogP contribution in [-0.4, -0.2) is 42.4 Å². The monoisotopic (exact) mass is 297 g/mol. The summed E-state index contributed by atoms with van der Waals surface area (Å²) in [5.74, 6) is -1.03. The second-order valence-corrected chi connectivity index (χ2v) is 4.88. The van der Waals surface area contributed by atoms with Crippen LogP contribution in [0.5, 0.6) is 0 Å². The van der Waals surface area contributed by atoms with Gasteiger partial charge in [0.1, 0.15) is 18.4 Å². The van der Waals surface area contributed by atoms with Crippen LogP contribution in [0.15, 0.2) is 22.8 Å². The molecule has 0 radical (unpaired) electrons. The second-order valence-electron chi connectivity index (χ2n) is 4.88. The van der Waals surface area contributed by atoms with Gasteiger partial charge in [-0.15, -0.1) is 0 Å². The molecule has 7 nitrogen and oxygen atoms in total. The first-order valence-electron chi connectivity index (χ1n) is 6.91. The molecular formula is C14H19NO6. The molecule has 2 rings (SSSR count). The average molecular weight is 297 g/mol. The molecule has 2 atom stereocenters. The summed E-state index contributed by atoms with van der Waals surface area (Å²) in [5.41, 5.74) is 0. The Hall–Kier alpha value is -1.86. The number of hydrogen-bond donors (Lipinski definition) is 2. The molecule has 116 valence electrons. The van der Waals surface area contributed by atoms with Gasteiger partial charge in [-0.2, -0.15) is 0 Å². The summed E-state index contributed by atoms with van der Waals surface area (Å²) in [6.45, 7) is 1.11. The minimum Gasteiger partial charge on any atom is -0.481 e. The van der Waals surface area contributed by atoms with Crippen LogP contribution in [0.25, 0.3) is 0 Å². The summed E-state index contributed by atoms with van der Waals surface area (Å²) >= 11 is 0. The minimum absolute atomic E-state index is 0.0792. The molecule has 0 saturated carbocycles. The number of carbonyl (C=O) groups is 2. The molecule has 1 aliphatic heterocycles. The van der Waals surface area contributed by atoms with E-state index in [9.17, 15) is 9.59 Å². The Morgan fingerprint density at radius 1 is 1.52 bits per heavy atom. The highest BCUT2D eigenvalue weighted by atomic mass is 16.6. The normalized spacial score (nSPS) is 19.3. The summed E-state index contributed by atoms with van der Waals surface area (Å²) in [4.78, 5) is 22.8. The minimum atomic E-state index is -1.07.